The summed E-state index contributed by atoms with van der Waals surface area (Å²) in [6.07, 6.45) is 7.90. The van der Waals surface area contributed by atoms with E-state index in [4.69, 9.17) is 9.15 Å². The Kier molecular flexibility index (Phi) is 5.33. The Hall–Kier alpha value is -1.76. The highest BCUT2D eigenvalue weighted by Gasteiger charge is 2.39. The molecule has 2 aliphatic carbocycles. The van der Waals surface area contributed by atoms with Crippen LogP contribution >= 0.6 is 0 Å². The van der Waals surface area contributed by atoms with Gasteiger partial charge >= 0.3 is 0 Å². The lowest BCUT2D eigenvalue weighted by atomic mass is 9.95. The zero-order valence-electron chi connectivity index (χ0n) is 15.2. The molecule has 7 nitrogen and oxygen atoms in total. The van der Waals surface area contributed by atoms with E-state index in [2.05, 4.69) is 10.2 Å². The van der Waals surface area contributed by atoms with E-state index in [1.54, 1.807) is 0 Å². The van der Waals surface area contributed by atoms with Gasteiger partial charge in [-0.2, -0.15) is 0 Å². The van der Waals surface area contributed by atoms with Crippen LogP contribution in [-0.4, -0.2) is 52.6 Å². The Morgan fingerprint density at radius 3 is 2.77 bits per heavy atom. The Labute approximate surface area is 153 Å². The first-order valence-corrected chi connectivity index (χ1v) is 9.94. The van der Waals surface area contributed by atoms with Crippen LogP contribution in [0.2, 0.25) is 0 Å². The van der Waals surface area contributed by atoms with Crippen LogP contribution in [-0.2, 0) is 20.7 Å². The molecule has 2 atom stereocenters. The number of carbonyl (C=O) groups is 2. The molecule has 0 N–H and O–H groups in total. The Bertz CT molecular complexity index is 653. The summed E-state index contributed by atoms with van der Waals surface area (Å²) >= 11 is 0. The van der Waals surface area contributed by atoms with Gasteiger partial charge in [-0.1, -0.05) is 12.8 Å². The third kappa shape index (κ3) is 3.68. The van der Waals surface area contributed by atoms with Crippen molar-refractivity contribution in [3.63, 3.8) is 0 Å². The molecule has 7 heteroatoms. The lowest BCUT2D eigenvalue weighted by Gasteiger charge is -2.38. The highest BCUT2D eigenvalue weighted by atomic mass is 16.5. The van der Waals surface area contributed by atoms with Crippen LogP contribution in [0.15, 0.2) is 4.42 Å². The van der Waals surface area contributed by atoms with Crippen molar-refractivity contribution < 1.29 is 18.7 Å². The van der Waals surface area contributed by atoms with E-state index in [-0.39, 0.29) is 23.7 Å². The minimum Gasteiger partial charge on any atom is -0.425 e. The molecule has 0 spiro atoms. The molecule has 1 amide bonds. The minimum absolute atomic E-state index is 0.0543. The molecule has 1 aromatic rings. The summed E-state index contributed by atoms with van der Waals surface area (Å²) < 4.78 is 11.3. The van der Waals surface area contributed by atoms with E-state index in [0.29, 0.717) is 50.8 Å². The van der Waals surface area contributed by atoms with Crippen molar-refractivity contribution in [2.45, 2.75) is 69.7 Å². The van der Waals surface area contributed by atoms with Crippen LogP contribution in [0.25, 0.3) is 0 Å². The largest absolute Gasteiger partial charge is 0.425 e. The van der Waals surface area contributed by atoms with Gasteiger partial charge in [0.2, 0.25) is 17.7 Å². The van der Waals surface area contributed by atoms with Gasteiger partial charge in [-0.05, 0) is 25.7 Å². The lowest BCUT2D eigenvalue weighted by molar-refractivity contribution is -0.144. The summed E-state index contributed by atoms with van der Waals surface area (Å²) in [5.74, 6) is 1.93. The van der Waals surface area contributed by atoms with Crippen LogP contribution < -0.4 is 0 Å². The first-order valence-electron chi connectivity index (χ1n) is 9.94. The second-order valence-electron chi connectivity index (χ2n) is 7.71. The maximum atomic E-state index is 12.8. The number of ether oxygens (including phenoxy) is 1. The molecule has 2 heterocycles. The molecule has 1 saturated heterocycles. The van der Waals surface area contributed by atoms with Crippen LogP contribution in [0.1, 0.15) is 69.1 Å². The van der Waals surface area contributed by atoms with Crippen LogP contribution in [0.3, 0.4) is 0 Å². The van der Waals surface area contributed by atoms with E-state index in [9.17, 15) is 9.59 Å². The highest BCUT2D eigenvalue weighted by molar-refractivity contribution is 5.85. The van der Waals surface area contributed by atoms with Crippen molar-refractivity contribution >= 4 is 11.7 Å². The molecule has 4 rings (SSSR count). The van der Waals surface area contributed by atoms with Crippen molar-refractivity contribution in [3.8, 4) is 0 Å². The number of morpholine rings is 1. The summed E-state index contributed by atoms with van der Waals surface area (Å²) in [7, 11) is 0. The summed E-state index contributed by atoms with van der Waals surface area (Å²) in [6, 6.07) is -0.108. The molecule has 0 aromatic carbocycles. The fourth-order valence-electron chi connectivity index (χ4n) is 4.58. The predicted molar refractivity (Wildman–Crippen MR) is 92.5 cm³/mol. The standard InChI is InChI=1S/C19H27N3O4/c23-16-7-3-6-14(16)15-12-25-11-10-22(15)18(24)9-8-17-20-21-19(26-17)13-4-1-2-5-13/h13-15H,1-12H2. The monoisotopic (exact) mass is 361 g/mol. The first-order chi connectivity index (χ1) is 12.7. The second-order valence-corrected chi connectivity index (χ2v) is 7.71. The molecule has 2 unspecified atom stereocenters. The number of amides is 1. The summed E-state index contributed by atoms with van der Waals surface area (Å²) in [4.78, 5) is 26.8. The fraction of sp³-hybridized carbons (Fsp3) is 0.789. The van der Waals surface area contributed by atoms with Crippen molar-refractivity contribution in [3.05, 3.63) is 11.8 Å². The smallest absolute Gasteiger partial charge is 0.223 e. The molecular weight excluding hydrogens is 334 g/mol. The number of ketones is 1. The van der Waals surface area contributed by atoms with Crippen LogP contribution in [0.5, 0.6) is 0 Å². The van der Waals surface area contributed by atoms with Crippen molar-refractivity contribution in [2.24, 2.45) is 5.92 Å². The van der Waals surface area contributed by atoms with Gasteiger partial charge in [0.25, 0.3) is 0 Å². The normalized spacial score (nSPS) is 27.4. The number of aryl methyl sites for hydroxylation is 1. The maximum Gasteiger partial charge on any atom is 0.223 e. The summed E-state index contributed by atoms with van der Waals surface area (Å²) in [5, 5.41) is 8.29. The van der Waals surface area contributed by atoms with Gasteiger partial charge in [0, 0.05) is 37.6 Å². The molecule has 2 saturated carbocycles. The van der Waals surface area contributed by atoms with Gasteiger partial charge in [-0.3, -0.25) is 9.59 Å². The topological polar surface area (TPSA) is 85.5 Å². The number of carbonyl (C=O) groups excluding carboxylic acids is 2. The van der Waals surface area contributed by atoms with Gasteiger partial charge in [-0.25, -0.2) is 0 Å². The molecule has 0 bridgehead atoms. The van der Waals surface area contributed by atoms with Gasteiger partial charge in [-0.15, -0.1) is 10.2 Å². The molecule has 1 aromatic heterocycles. The van der Waals surface area contributed by atoms with Crippen molar-refractivity contribution in [2.75, 3.05) is 19.8 Å². The van der Waals surface area contributed by atoms with E-state index < -0.39 is 0 Å². The Morgan fingerprint density at radius 1 is 1.15 bits per heavy atom. The van der Waals surface area contributed by atoms with Crippen molar-refractivity contribution in [1.29, 1.82) is 0 Å². The van der Waals surface area contributed by atoms with Gasteiger partial charge in [0.1, 0.15) is 5.78 Å². The third-order valence-corrected chi connectivity index (χ3v) is 6.04. The van der Waals surface area contributed by atoms with Gasteiger partial charge < -0.3 is 14.1 Å². The zero-order valence-corrected chi connectivity index (χ0v) is 15.2. The van der Waals surface area contributed by atoms with E-state index >= 15 is 0 Å². The first kappa shape index (κ1) is 17.6. The fourth-order valence-corrected chi connectivity index (χ4v) is 4.58. The average Bonchev–Trinajstić information content (AvgIpc) is 3.41. The van der Waals surface area contributed by atoms with E-state index in [1.807, 2.05) is 4.90 Å². The van der Waals surface area contributed by atoms with Gasteiger partial charge in [0.15, 0.2) is 0 Å². The maximum absolute atomic E-state index is 12.8. The third-order valence-electron chi connectivity index (χ3n) is 6.04. The van der Waals surface area contributed by atoms with E-state index in [1.165, 1.54) is 12.8 Å². The van der Waals surface area contributed by atoms with Crippen LogP contribution in [0.4, 0.5) is 0 Å². The number of hydrogen-bond acceptors (Lipinski definition) is 6. The predicted octanol–water partition coefficient (Wildman–Crippen LogP) is 2.26. The lowest BCUT2D eigenvalue weighted by Crippen LogP contribution is -2.53. The molecule has 26 heavy (non-hydrogen) atoms. The summed E-state index contributed by atoms with van der Waals surface area (Å²) in [6.45, 7) is 1.56. The van der Waals surface area contributed by atoms with E-state index in [0.717, 1.165) is 31.6 Å². The Morgan fingerprint density at radius 2 is 2.00 bits per heavy atom. The number of hydrogen-bond donors (Lipinski definition) is 0. The molecule has 142 valence electrons. The molecular formula is C19H27N3O4. The second kappa shape index (κ2) is 7.86. The number of aromatic nitrogens is 2. The molecule has 3 aliphatic rings. The Balaban J connectivity index is 1.35. The number of nitrogens with zero attached hydrogens (tertiary/aromatic N) is 3. The molecule has 0 radical (unpaired) electrons. The van der Waals surface area contributed by atoms with Gasteiger partial charge in [0.05, 0.1) is 19.3 Å². The van der Waals surface area contributed by atoms with Crippen LogP contribution in [0, 0.1) is 5.92 Å². The average molecular weight is 361 g/mol. The quantitative estimate of drug-likeness (QED) is 0.800. The minimum atomic E-state index is -0.108. The zero-order chi connectivity index (χ0) is 17.9. The SMILES string of the molecule is O=C1CCCC1C1COCCN1C(=O)CCc1nnc(C2CCCC2)o1. The molecule has 3 fully saturated rings. The van der Waals surface area contributed by atoms with Crippen molar-refractivity contribution in [1.82, 2.24) is 15.1 Å². The summed E-state index contributed by atoms with van der Waals surface area (Å²) in [5.41, 5.74) is 0. The highest BCUT2D eigenvalue weighted by Crippen LogP contribution is 2.33. The molecule has 1 aliphatic heterocycles. The number of Topliss-reactive ketones (excluding diaryl/α,β-unsaturated/α-hetero) is 1. The number of rotatable bonds is 5.